The van der Waals surface area contributed by atoms with Crippen LogP contribution in [0.5, 0.6) is 5.75 Å². The minimum Gasteiger partial charge on any atom is -0.493 e. The summed E-state index contributed by atoms with van der Waals surface area (Å²) >= 11 is 0. The third-order valence-corrected chi connectivity index (χ3v) is 2.36. The van der Waals surface area contributed by atoms with Crippen LogP contribution in [-0.4, -0.2) is 12.9 Å². The Bertz CT molecular complexity index is 367. The molecule has 0 heterocycles. The van der Waals surface area contributed by atoms with Crippen LogP contribution in [-0.2, 0) is 0 Å². The van der Waals surface area contributed by atoms with E-state index in [1.54, 1.807) is 6.07 Å². The molecule has 0 saturated heterocycles. The molecule has 0 saturated carbocycles. The second-order valence-electron chi connectivity index (χ2n) is 4.39. The Morgan fingerprint density at radius 2 is 2.00 bits per heavy atom. The highest BCUT2D eigenvalue weighted by molar-refractivity contribution is 5.79. The molecule has 1 aromatic rings. The van der Waals surface area contributed by atoms with Gasteiger partial charge in [0.15, 0.2) is 6.29 Å². The molecule has 1 rings (SSSR count). The molecule has 0 radical (unpaired) electrons. The number of hydrogen-bond donors (Lipinski definition) is 0. The maximum absolute atomic E-state index is 10.7. The topological polar surface area (TPSA) is 26.3 Å². The summed E-state index contributed by atoms with van der Waals surface area (Å²) in [7, 11) is 0. The minimum atomic E-state index is 0.610. The third kappa shape index (κ3) is 5.34. The summed E-state index contributed by atoms with van der Waals surface area (Å²) in [6.45, 7) is 5.00. The number of benzene rings is 1. The van der Waals surface area contributed by atoms with Crippen molar-refractivity contribution in [2.75, 3.05) is 6.61 Å². The summed E-state index contributed by atoms with van der Waals surface area (Å²) in [6.07, 6.45) is 7.11. The van der Waals surface area contributed by atoms with Crippen LogP contribution in [0.15, 0.2) is 36.4 Å². The smallest absolute Gasteiger partial charge is 0.153 e. The maximum atomic E-state index is 10.7. The molecule has 0 spiro atoms. The van der Waals surface area contributed by atoms with Gasteiger partial charge in [-0.2, -0.15) is 0 Å². The van der Waals surface area contributed by atoms with Crippen LogP contribution >= 0.6 is 0 Å². The van der Waals surface area contributed by atoms with E-state index >= 15 is 0 Å². The number of hydrogen-bond acceptors (Lipinski definition) is 2. The average Bonchev–Trinajstić information content (AvgIpc) is 2.33. The van der Waals surface area contributed by atoms with E-state index in [1.807, 2.05) is 18.2 Å². The molecule has 1 aromatic carbocycles. The monoisotopic (exact) mass is 232 g/mol. The molecule has 0 aliphatic carbocycles. The lowest BCUT2D eigenvalue weighted by Gasteiger charge is -2.06. The fourth-order valence-electron chi connectivity index (χ4n) is 1.43. The minimum absolute atomic E-state index is 0.610. The van der Waals surface area contributed by atoms with Crippen molar-refractivity contribution in [3.8, 4) is 5.75 Å². The first-order valence-electron chi connectivity index (χ1n) is 6.06. The molecule has 0 N–H and O–H groups in total. The van der Waals surface area contributed by atoms with Gasteiger partial charge in [0.2, 0.25) is 0 Å². The Balaban J connectivity index is 2.31. The molecule has 0 atom stereocenters. The van der Waals surface area contributed by atoms with E-state index < -0.39 is 0 Å². The SMILES string of the molecule is CC(C)CC=CCCOc1ccccc1C=O. The standard InChI is InChI=1S/C15H20O2/c1-13(2)8-4-3-7-11-17-15-10-6-5-9-14(15)12-16/h3-6,9-10,12-13H,7-8,11H2,1-2H3. The molecular weight excluding hydrogens is 212 g/mol. The Kier molecular flexibility index (Phi) is 6.08. The summed E-state index contributed by atoms with van der Waals surface area (Å²) in [5.41, 5.74) is 0.610. The fourth-order valence-corrected chi connectivity index (χ4v) is 1.43. The molecule has 0 aliphatic heterocycles. The van der Waals surface area contributed by atoms with Gasteiger partial charge in [-0.3, -0.25) is 4.79 Å². The van der Waals surface area contributed by atoms with Crippen LogP contribution in [0.3, 0.4) is 0 Å². The van der Waals surface area contributed by atoms with Gasteiger partial charge in [0.1, 0.15) is 5.75 Å². The van der Waals surface area contributed by atoms with Crippen LogP contribution < -0.4 is 4.74 Å². The highest BCUT2D eigenvalue weighted by Gasteiger charge is 1.99. The van der Waals surface area contributed by atoms with Crippen molar-refractivity contribution in [3.05, 3.63) is 42.0 Å². The van der Waals surface area contributed by atoms with E-state index in [9.17, 15) is 4.79 Å². The zero-order valence-corrected chi connectivity index (χ0v) is 10.6. The lowest BCUT2D eigenvalue weighted by molar-refractivity contribution is 0.111. The average molecular weight is 232 g/mol. The molecule has 0 aliphatic rings. The lowest BCUT2D eigenvalue weighted by atomic mass is 10.1. The number of rotatable bonds is 7. The zero-order valence-electron chi connectivity index (χ0n) is 10.6. The Morgan fingerprint density at radius 3 is 2.71 bits per heavy atom. The summed E-state index contributed by atoms with van der Waals surface area (Å²) in [5.74, 6) is 1.36. The second kappa shape index (κ2) is 7.66. The van der Waals surface area contributed by atoms with Gasteiger partial charge in [0, 0.05) is 0 Å². The van der Waals surface area contributed by atoms with Crippen molar-refractivity contribution >= 4 is 6.29 Å². The van der Waals surface area contributed by atoms with Crippen molar-refractivity contribution in [1.82, 2.24) is 0 Å². The lowest BCUT2D eigenvalue weighted by Crippen LogP contribution is -1.98. The molecule has 2 nitrogen and oxygen atoms in total. The summed E-state index contributed by atoms with van der Waals surface area (Å²) in [6, 6.07) is 7.29. The summed E-state index contributed by atoms with van der Waals surface area (Å²) in [4.78, 5) is 10.7. The van der Waals surface area contributed by atoms with E-state index in [0.29, 0.717) is 23.8 Å². The van der Waals surface area contributed by atoms with Crippen molar-refractivity contribution in [2.45, 2.75) is 26.7 Å². The predicted octanol–water partition coefficient (Wildman–Crippen LogP) is 3.87. The van der Waals surface area contributed by atoms with Crippen molar-refractivity contribution in [1.29, 1.82) is 0 Å². The first kappa shape index (κ1) is 13.5. The zero-order chi connectivity index (χ0) is 12.5. The molecular formula is C15H20O2. The van der Waals surface area contributed by atoms with Gasteiger partial charge in [0.25, 0.3) is 0 Å². The number of para-hydroxylation sites is 1. The number of aldehydes is 1. The van der Waals surface area contributed by atoms with Crippen LogP contribution in [0.2, 0.25) is 0 Å². The van der Waals surface area contributed by atoms with Gasteiger partial charge in [-0.05, 0) is 30.9 Å². The highest BCUT2D eigenvalue weighted by Crippen LogP contribution is 2.15. The van der Waals surface area contributed by atoms with Gasteiger partial charge in [-0.25, -0.2) is 0 Å². The Hall–Kier alpha value is -1.57. The van der Waals surface area contributed by atoms with E-state index in [0.717, 1.165) is 19.1 Å². The van der Waals surface area contributed by atoms with Gasteiger partial charge >= 0.3 is 0 Å². The quantitative estimate of drug-likeness (QED) is 0.405. The number of carbonyl (C=O) groups excluding carboxylic acids is 1. The molecule has 0 bridgehead atoms. The first-order chi connectivity index (χ1) is 8.24. The van der Waals surface area contributed by atoms with Crippen molar-refractivity contribution in [2.24, 2.45) is 5.92 Å². The molecule has 17 heavy (non-hydrogen) atoms. The second-order valence-corrected chi connectivity index (χ2v) is 4.39. The van der Waals surface area contributed by atoms with E-state index in [2.05, 4.69) is 26.0 Å². The summed E-state index contributed by atoms with van der Waals surface area (Å²) in [5, 5.41) is 0. The highest BCUT2D eigenvalue weighted by atomic mass is 16.5. The van der Waals surface area contributed by atoms with E-state index in [4.69, 9.17) is 4.74 Å². The Morgan fingerprint density at radius 1 is 1.24 bits per heavy atom. The van der Waals surface area contributed by atoms with E-state index in [-0.39, 0.29) is 0 Å². The van der Waals surface area contributed by atoms with Crippen molar-refractivity contribution < 1.29 is 9.53 Å². The van der Waals surface area contributed by atoms with Crippen LogP contribution in [0.25, 0.3) is 0 Å². The molecule has 0 amide bonds. The van der Waals surface area contributed by atoms with E-state index in [1.165, 1.54) is 0 Å². The predicted molar refractivity (Wildman–Crippen MR) is 70.5 cm³/mol. The van der Waals surface area contributed by atoms with Gasteiger partial charge < -0.3 is 4.74 Å². The van der Waals surface area contributed by atoms with Gasteiger partial charge in [-0.1, -0.05) is 38.1 Å². The first-order valence-corrected chi connectivity index (χ1v) is 6.06. The van der Waals surface area contributed by atoms with Gasteiger partial charge in [-0.15, -0.1) is 0 Å². The molecule has 2 heteroatoms. The van der Waals surface area contributed by atoms with Crippen LogP contribution in [0.1, 0.15) is 37.0 Å². The van der Waals surface area contributed by atoms with Crippen LogP contribution in [0, 0.1) is 5.92 Å². The maximum Gasteiger partial charge on any atom is 0.153 e. The largest absolute Gasteiger partial charge is 0.493 e. The number of ether oxygens (including phenoxy) is 1. The van der Waals surface area contributed by atoms with Crippen molar-refractivity contribution in [3.63, 3.8) is 0 Å². The fraction of sp³-hybridized carbons (Fsp3) is 0.400. The number of carbonyl (C=O) groups is 1. The third-order valence-electron chi connectivity index (χ3n) is 2.36. The molecule has 0 fully saturated rings. The Labute approximate surface area is 103 Å². The summed E-state index contributed by atoms with van der Waals surface area (Å²) < 4.78 is 5.55. The number of allylic oxidation sites excluding steroid dienone is 1. The van der Waals surface area contributed by atoms with Gasteiger partial charge in [0.05, 0.1) is 12.2 Å². The molecule has 0 aromatic heterocycles. The molecule has 92 valence electrons. The normalized spacial score (nSPS) is 11.0. The molecule has 0 unspecified atom stereocenters. The van der Waals surface area contributed by atoms with Crippen LogP contribution in [0.4, 0.5) is 0 Å².